The van der Waals surface area contributed by atoms with Crippen LogP contribution in [0.4, 0.5) is 0 Å². The van der Waals surface area contributed by atoms with Gasteiger partial charge in [0.1, 0.15) is 0 Å². The molecule has 0 nitrogen and oxygen atoms in total. The van der Waals surface area contributed by atoms with E-state index in [4.69, 9.17) is 0 Å². The molecule has 4 rings (SSSR count). The van der Waals surface area contributed by atoms with E-state index in [9.17, 15) is 0 Å². The average molecular weight is 268 g/mol. The fourth-order valence-corrected chi connectivity index (χ4v) is 3.19. The van der Waals surface area contributed by atoms with Crippen LogP contribution in [0.3, 0.4) is 0 Å². The summed E-state index contributed by atoms with van der Waals surface area (Å²) in [5.41, 5.74) is 10.1. The first kappa shape index (κ1) is 12.2. The summed E-state index contributed by atoms with van der Waals surface area (Å²) in [5, 5.41) is 2.51. The Kier molecular flexibility index (Phi) is 2.77. The van der Waals surface area contributed by atoms with Gasteiger partial charge < -0.3 is 0 Å². The molecule has 2 aliphatic rings. The van der Waals surface area contributed by atoms with Crippen molar-refractivity contribution < 1.29 is 0 Å². The number of benzene rings is 2. The Morgan fingerprint density at radius 1 is 1.05 bits per heavy atom. The first-order valence-electron chi connectivity index (χ1n) is 7.39. The first-order chi connectivity index (χ1) is 10.4. The van der Waals surface area contributed by atoms with Crippen LogP contribution < -0.4 is 10.4 Å². The quantitative estimate of drug-likeness (QED) is 0.630. The van der Waals surface area contributed by atoms with Crippen molar-refractivity contribution in [1.82, 2.24) is 0 Å². The summed E-state index contributed by atoms with van der Waals surface area (Å²) < 4.78 is 0. The Balaban J connectivity index is 2.04. The zero-order valence-corrected chi connectivity index (χ0v) is 12.1. The number of fused-ring (bicyclic) bond motifs is 3. The molecule has 0 N–H and O–H groups in total. The molecule has 0 heterocycles. The molecule has 0 saturated heterocycles. The van der Waals surface area contributed by atoms with Crippen LogP contribution in [0, 0.1) is 0 Å². The highest BCUT2D eigenvalue weighted by molar-refractivity contribution is 5.84. The molecule has 0 aromatic heterocycles. The van der Waals surface area contributed by atoms with E-state index in [1.807, 2.05) is 13.0 Å². The molecule has 2 aromatic carbocycles. The zero-order chi connectivity index (χ0) is 14.2. The second-order valence-electron chi connectivity index (χ2n) is 5.47. The summed E-state index contributed by atoms with van der Waals surface area (Å²) in [6.45, 7) is 2.03. The van der Waals surface area contributed by atoms with Gasteiger partial charge in [-0.05, 0) is 70.7 Å². The van der Waals surface area contributed by atoms with Crippen molar-refractivity contribution in [2.45, 2.75) is 13.3 Å². The van der Waals surface area contributed by atoms with Crippen LogP contribution in [-0.4, -0.2) is 0 Å². The van der Waals surface area contributed by atoms with E-state index in [0.717, 1.165) is 6.42 Å². The summed E-state index contributed by atoms with van der Waals surface area (Å²) >= 11 is 0. The van der Waals surface area contributed by atoms with Crippen LogP contribution in [0.1, 0.15) is 24.5 Å². The first-order valence-corrected chi connectivity index (χ1v) is 7.39. The minimum Gasteiger partial charge on any atom is -0.117 e. The molecule has 0 aliphatic heterocycles. The lowest BCUT2D eigenvalue weighted by atomic mass is 9.97. The number of hydrogen-bond donors (Lipinski definition) is 0. The van der Waals surface area contributed by atoms with Gasteiger partial charge in [-0.15, -0.1) is 5.73 Å². The summed E-state index contributed by atoms with van der Waals surface area (Å²) in [7, 11) is 0. The lowest BCUT2D eigenvalue weighted by Gasteiger charge is -2.06. The standard InChI is InChI=1S/C21H16/c1-2-7-16-13-21-18(12-17-10-5-6-11-19(17)21)14-20(16)15-8-3-4-9-15/h2-6,8,10-14H,9H2,1H3. The van der Waals surface area contributed by atoms with Gasteiger partial charge in [0.15, 0.2) is 0 Å². The SMILES string of the molecule is CC=C=c1cc2c(cc1C1=CC=CC1)=Cc1ccccc1-2. The van der Waals surface area contributed by atoms with Gasteiger partial charge in [0.2, 0.25) is 0 Å². The summed E-state index contributed by atoms with van der Waals surface area (Å²) in [5.74, 6) is 0. The second kappa shape index (κ2) is 4.77. The molecular weight excluding hydrogens is 252 g/mol. The summed E-state index contributed by atoms with van der Waals surface area (Å²) in [6.07, 6.45) is 11.9. The lowest BCUT2D eigenvalue weighted by Crippen LogP contribution is -2.14. The lowest BCUT2D eigenvalue weighted by molar-refractivity contribution is 1.39. The third-order valence-corrected chi connectivity index (χ3v) is 4.17. The Morgan fingerprint density at radius 3 is 2.76 bits per heavy atom. The van der Waals surface area contributed by atoms with E-state index in [1.54, 1.807) is 0 Å². The highest BCUT2D eigenvalue weighted by atomic mass is 14.2. The molecule has 0 fully saturated rings. The van der Waals surface area contributed by atoms with Crippen molar-refractivity contribution in [3.05, 3.63) is 82.3 Å². The molecular formula is C21H16. The maximum Gasteiger partial charge on any atom is 0.0243 e. The van der Waals surface area contributed by atoms with E-state index < -0.39 is 0 Å². The van der Waals surface area contributed by atoms with E-state index in [-0.39, 0.29) is 0 Å². The van der Waals surface area contributed by atoms with Crippen LogP contribution >= 0.6 is 0 Å². The monoisotopic (exact) mass is 268 g/mol. The maximum absolute atomic E-state index is 3.41. The molecule has 0 heteroatoms. The molecule has 0 bridgehead atoms. The highest BCUT2D eigenvalue weighted by Gasteiger charge is 2.14. The maximum atomic E-state index is 3.41. The predicted molar refractivity (Wildman–Crippen MR) is 90.1 cm³/mol. The van der Waals surface area contributed by atoms with Gasteiger partial charge in [-0.25, -0.2) is 0 Å². The summed E-state index contributed by atoms with van der Waals surface area (Å²) in [6, 6.07) is 13.2. The number of hydrogen-bond acceptors (Lipinski definition) is 0. The second-order valence-corrected chi connectivity index (χ2v) is 5.47. The minimum atomic E-state index is 1.02. The number of rotatable bonds is 1. The van der Waals surface area contributed by atoms with Crippen LogP contribution in [-0.2, 0) is 0 Å². The Morgan fingerprint density at radius 2 is 1.95 bits per heavy atom. The van der Waals surface area contributed by atoms with E-state index in [0.29, 0.717) is 0 Å². The van der Waals surface area contributed by atoms with Gasteiger partial charge in [-0.2, -0.15) is 0 Å². The van der Waals surface area contributed by atoms with Gasteiger partial charge in [0, 0.05) is 5.22 Å². The fourth-order valence-electron chi connectivity index (χ4n) is 3.19. The molecule has 0 atom stereocenters. The number of allylic oxidation sites excluding steroid dienone is 5. The van der Waals surface area contributed by atoms with Crippen LogP contribution in [0.15, 0.2) is 60.7 Å². The highest BCUT2D eigenvalue weighted by Crippen LogP contribution is 2.27. The van der Waals surface area contributed by atoms with Crippen molar-refractivity contribution >= 4 is 17.4 Å². The fraction of sp³-hybridized carbons (Fsp3) is 0.0952. The summed E-state index contributed by atoms with van der Waals surface area (Å²) in [4.78, 5) is 0. The average Bonchev–Trinajstić information content (AvgIpc) is 3.14. The van der Waals surface area contributed by atoms with Crippen molar-refractivity contribution in [3.63, 3.8) is 0 Å². The van der Waals surface area contributed by atoms with Gasteiger partial charge in [-0.3, -0.25) is 0 Å². The van der Waals surface area contributed by atoms with Gasteiger partial charge in [0.25, 0.3) is 0 Å². The van der Waals surface area contributed by atoms with E-state index in [2.05, 4.69) is 66.4 Å². The molecule has 0 amide bonds. The topological polar surface area (TPSA) is 0 Å². The van der Waals surface area contributed by atoms with Crippen LogP contribution in [0.25, 0.3) is 28.5 Å². The Bertz CT molecular complexity index is 946. The third-order valence-electron chi connectivity index (χ3n) is 4.17. The van der Waals surface area contributed by atoms with Crippen molar-refractivity contribution in [3.8, 4) is 11.1 Å². The van der Waals surface area contributed by atoms with E-state index >= 15 is 0 Å². The minimum absolute atomic E-state index is 1.02. The largest absolute Gasteiger partial charge is 0.117 e. The van der Waals surface area contributed by atoms with Crippen LogP contribution in [0.5, 0.6) is 0 Å². The predicted octanol–water partition coefficient (Wildman–Crippen LogP) is 3.79. The Labute approximate surface area is 124 Å². The molecule has 0 radical (unpaired) electrons. The third kappa shape index (κ3) is 1.93. The molecule has 0 unspecified atom stereocenters. The smallest absolute Gasteiger partial charge is 0.0243 e. The molecule has 0 spiro atoms. The normalized spacial score (nSPS) is 14.0. The molecule has 0 saturated carbocycles. The van der Waals surface area contributed by atoms with Gasteiger partial charge in [-0.1, -0.05) is 42.5 Å². The molecule has 21 heavy (non-hydrogen) atoms. The van der Waals surface area contributed by atoms with Crippen LogP contribution in [0.2, 0.25) is 0 Å². The molecule has 2 aliphatic carbocycles. The van der Waals surface area contributed by atoms with Crippen molar-refractivity contribution in [1.29, 1.82) is 0 Å². The molecule has 100 valence electrons. The Hall–Kier alpha value is -2.56. The van der Waals surface area contributed by atoms with Crippen molar-refractivity contribution in [2.24, 2.45) is 0 Å². The van der Waals surface area contributed by atoms with E-state index in [1.165, 1.54) is 38.3 Å². The van der Waals surface area contributed by atoms with Crippen molar-refractivity contribution in [2.75, 3.05) is 0 Å². The van der Waals surface area contributed by atoms with Gasteiger partial charge in [0.05, 0.1) is 0 Å². The molecule has 2 aromatic rings. The zero-order valence-electron chi connectivity index (χ0n) is 12.1. The van der Waals surface area contributed by atoms with Gasteiger partial charge >= 0.3 is 0 Å².